The Labute approximate surface area is 146 Å². The van der Waals surface area contributed by atoms with Gasteiger partial charge in [-0.15, -0.1) is 5.10 Å². The number of aromatic nitrogens is 6. The smallest absolute Gasteiger partial charge is 0.318 e. The summed E-state index contributed by atoms with van der Waals surface area (Å²) in [6.07, 6.45) is 9.46. The third-order valence-corrected chi connectivity index (χ3v) is 5.01. The molecule has 134 valence electrons. The van der Waals surface area contributed by atoms with E-state index in [1.54, 1.807) is 4.68 Å². The van der Waals surface area contributed by atoms with Crippen molar-refractivity contribution in [2.45, 2.75) is 51.2 Å². The lowest BCUT2D eigenvalue weighted by atomic mass is 9.98. The van der Waals surface area contributed by atoms with Crippen LogP contribution in [0.1, 0.15) is 49.5 Å². The maximum atomic E-state index is 12.7. The normalized spacial score (nSPS) is 20.7. The minimum atomic E-state index is -0.0606. The SMILES string of the molecule is Cn1cc(C2CCCCN2C(=O)NCc2nnnn2CC2CC2)cn1. The summed E-state index contributed by atoms with van der Waals surface area (Å²) in [5, 5.41) is 19.1. The summed E-state index contributed by atoms with van der Waals surface area (Å²) in [5.74, 6) is 1.41. The number of carbonyl (C=O) groups excluding carboxylic acids is 1. The van der Waals surface area contributed by atoms with Crippen LogP contribution in [0.15, 0.2) is 12.4 Å². The van der Waals surface area contributed by atoms with Crippen LogP contribution in [0.2, 0.25) is 0 Å². The summed E-state index contributed by atoms with van der Waals surface area (Å²) in [4.78, 5) is 14.7. The van der Waals surface area contributed by atoms with Gasteiger partial charge in [0, 0.05) is 31.9 Å². The fraction of sp³-hybridized carbons (Fsp3) is 0.688. The van der Waals surface area contributed by atoms with Crippen molar-refractivity contribution in [3.05, 3.63) is 23.8 Å². The minimum absolute atomic E-state index is 0.0606. The fourth-order valence-electron chi connectivity index (χ4n) is 3.43. The van der Waals surface area contributed by atoms with Gasteiger partial charge in [0.15, 0.2) is 5.82 Å². The van der Waals surface area contributed by atoms with Gasteiger partial charge < -0.3 is 10.2 Å². The summed E-state index contributed by atoms with van der Waals surface area (Å²) >= 11 is 0. The first-order valence-electron chi connectivity index (χ1n) is 8.99. The summed E-state index contributed by atoms with van der Waals surface area (Å²) in [5.41, 5.74) is 1.09. The molecule has 0 spiro atoms. The number of urea groups is 1. The second kappa shape index (κ2) is 6.81. The number of nitrogens with one attached hydrogen (secondary N) is 1. The number of aryl methyl sites for hydroxylation is 1. The predicted octanol–water partition coefficient (Wildman–Crippen LogP) is 1.25. The second-order valence-corrected chi connectivity index (χ2v) is 7.03. The zero-order chi connectivity index (χ0) is 17.2. The van der Waals surface area contributed by atoms with Gasteiger partial charge in [-0.3, -0.25) is 4.68 Å². The number of likely N-dealkylation sites (tertiary alicyclic amines) is 1. The van der Waals surface area contributed by atoms with E-state index in [4.69, 9.17) is 0 Å². The van der Waals surface area contributed by atoms with E-state index >= 15 is 0 Å². The Morgan fingerprint density at radius 1 is 1.32 bits per heavy atom. The van der Waals surface area contributed by atoms with E-state index in [0.717, 1.165) is 43.7 Å². The lowest BCUT2D eigenvalue weighted by Gasteiger charge is -2.35. The Kier molecular flexibility index (Phi) is 4.37. The van der Waals surface area contributed by atoms with Crippen LogP contribution in [0.3, 0.4) is 0 Å². The highest BCUT2D eigenvalue weighted by Gasteiger charge is 2.29. The predicted molar refractivity (Wildman–Crippen MR) is 89.3 cm³/mol. The largest absolute Gasteiger partial charge is 0.331 e. The number of hydrogen-bond acceptors (Lipinski definition) is 5. The van der Waals surface area contributed by atoms with Crippen LogP contribution in [-0.4, -0.2) is 47.5 Å². The molecule has 1 aliphatic heterocycles. The first-order chi connectivity index (χ1) is 12.2. The highest BCUT2D eigenvalue weighted by atomic mass is 16.2. The first-order valence-corrected chi connectivity index (χ1v) is 8.99. The molecule has 2 amide bonds. The number of nitrogens with zero attached hydrogens (tertiary/aromatic N) is 7. The van der Waals surface area contributed by atoms with Crippen molar-refractivity contribution >= 4 is 6.03 Å². The molecular weight excluding hydrogens is 320 g/mol. The second-order valence-electron chi connectivity index (χ2n) is 7.03. The molecule has 1 aliphatic carbocycles. The minimum Gasteiger partial charge on any atom is -0.331 e. The Hall–Kier alpha value is -2.45. The molecule has 2 aromatic rings. The van der Waals surface area contributed by atoms with Crippen LogP contribution in [-0.2, 0) is 20.1 Å². The molecule has 2 aromatic heterocycles. The van der Waals surface area contributed by atoms with Crippen LogP contribution in [0.25, 0.3) is 0 Å². The number of piperidine rings is 1. The van der Waals surface area contributed by atoms with Crippen LogP contribution < -0.4 is 5.32 Å². The van der Waals surface area contributed by atoms with Gasteiger partial charge in [-0.05, 0) is 48.4 Å². The molecule has 2 fully saturated rings. The van der Waals surface area contributed by atoms with Crippen molar-refractivity contribution in [2.75, 3.05) is 6.54 Å². The first kappa shape index (κ1) is 16.0. The fourth-order valence-corrected chi connectivity index (χ4v) is 3.43. The van der Waals surface area contributed by atoms with E-state index in [1.165, 1.54) is 12.8 Å². The molecule has 0 bridgehead atoms. The number of rotatable bonds is 5. The molecule has 1 saturated heterocycles. The Morgan fingerprint density at radius 2 is 2.20 bits per heavy atom. The van der Waals surface area contributed by atoms with E-state index in [0.29, 0.717) is 12.5 Å². The molecule has 1 atom stereocenters. The van der Waals surface area contributed by atoms with Crippen LogP contribution >= 0.6 is 0 Å². The maximum absolute atomic E-state index is 12.7. The lowest BCUT2D eigenvalue weighted by Crippen LogP contribution is -2.44. The highest BCUT2D eigenvalue weighted by molar-refractivity contribution is 5.74. The molecule has 1 saturated carbocycles. The maximum Gasteiger partial charge on any atom is 0.318 e. The van der Waals surface area contributed by atoms with E-state index in [9.17, 15) is 4.79 Å². The molecule has 25 heavy (non-hydrogen) atoms. The summed E-state index contributed by atoms with van der Waals surface area (Å²) in [7, 11) is 1.90. The van der Waals surface area contributed by atoms with Crippen LogP contribution in [0, 0.1) is 5.92 Å². The van der Waals surface area contributed by atoms with Crippen molar-refractivity contribution in [3.63, 3.8) is 0 Å². The molecule has 9 heteroatoms. The Balaban J connectivity index is 1.39. The quantitative estimate of drug-likeness (QED) is 0.881. The topological polar surface area (TPSA) is 93.8 Å². The Morgan fingerprint density at radius 3 is 2.96 bits per heavy atom. The zero-order valence-corrected chi connectivity index (χ0v) is 14.5. The van der Waals surface area contributed by atoms with E-state index in [1.807, 2.05) is 29.0 Å². The van der Waals surface area contributed by atoms with Crippen LogP contribution in [0.4, 0.5) is 4.79 Å². The zero-order valence-electron chi connectivity index (χ0n) is 14.5. The number of carbonyl (C=O) groups is 1. The van der Waals surface area contributed by atoms with Crippen molar-refractivity contribution in [2.24, 2.45) is 13.0 Å². The van der Waals surface area contributed by atoms with Crippen LogP contribution in [0.5, 0.6) is 0 Å². The monoisotopic (exact) mass is 344 g/mol. The third kappa shape index (κ3) is 3.64. The van der Waals surface area contributed by atoms with Gasteiger partial charge in [-0.25, -0.2) is 9.48 Å². The van der Waals surface area contributed by atoms with Gasteiger partial charge in [0.25, 0.3) is 0 Å². The van der Waals surface area contributed by atoms with Gasteiger partial charge in [0.2, 0.25) is 0 Å². The molecule has 1 N–H and O–H groups in total. The summed E-state index contributed by atoms with van der Waals surface area (Å²) in [6.45, 7) is 1.97. The van der Waals surface area contributed by atoms with Crippen molar-refractivity contribution in [1.29, 1.82) is 0 Å². The summed E-state index contributed by atoms with van der Waals surface area (Å²) < 4.78 is 3.60. The average molecular weight is 344 g/mol. The number of hydrogen-bond donors (Lipinski definition) is 1. The van der Waals surface area contributed by atoms with Crippen molar-refractivity contribution < 1.29 is 4.79 Å². The number of tetrazole rings is 1. The summed E-state index contributed by atoms with van der Waals surface area (Å²) in [6, 6.07) is 0.0273. The molecule has 2 aliphatic rings. The van der Waals surface area contributed by atoms with E-state index < -0.39 is 0 Å². The lowest BCUT2D eigenvalue weighted by molar-refractivity contribution is 0.150. The average Bonchev–Trinajstić information content (AvgIpc) is 3.15. The molecule has 9 nitrogen and oxygen atoms in total. The number of amides is 2. The van der Waals surface area contributed by atoms with Gasteiger partial charge in [-0.1, -0.05) is 0 Å². The van der Waals surface area contributed by atoms with Gasteiger partial charge >= 0.3 is 6.03 Å². The van der Waals surface area contributed by atoms with Gasteiger partial charge in [0.05, 0.1) is 18.8 Å². The Bertz CT molecular complexity index is 734. The molecule has 0 aromatic carbocycles. The molecule has 0 radical (unpaired) electrons. The molecule has 1 unspecified atom stereocenters. The molecule has 3 heterocycles. The van der Waals surface area contributed by atoms with Crippen molar-refractivity contribution in [3.8, 4) is 0 Å². The highest BCUT2D eigenvalue weighted by Crippen LogP contribution is 2.31. The molecule has 4 rings (SSSR count). The molecular formula is C16H24N8O. The van der Waals surface area contributed by atoms with E-state index in [2.05, 4.69) is 25.9 Å². The van der Waals surface area contributed by atoms with Gasteiger partial charge in [0.1, 0.15) is 0 Å². The van der Waals surface area contributed by atoms with Gasteiger partial charge in [-0.2, -0.15) is 5.10 Å². The van der Waals surface area contributed by atoms with E-state index in [-0.39, 0.29) is 12.1 Å². The standard InChI is InChI=1S/C16H24N8O/c1-22-11-13(8-18-22)14-4-2-3-7-23(14)16(25)17-9-15-19-20-21-24(15)10-12-5-6-12/h8,11-12,14H,2-7,9-10H2,1H3,(H,17,25). The third-order valence-electron chi connectivity index (χ3n) is 5.01. The van der Waals surface area contributed by atoms with Crippen molar-refractivity contribution in [1.82, 2.24) is 40.2 Å².